The smallest absolute Gasteiger partial charge is 0.353 e. The lowest BCUT2D eigenvalue weighted by molar-refractivity contribution is -0.137. The first kappa shape index (κ1) is 23.1. The van der Waals surface area contributed by atoms with E-state index in [9.17, 15) is 22.8 Å². The maximum atomic E-state index is 13.2. The van der Waals surface area contributed by atoms with Gasteiger partial charge in [0.2, 0.25) is 11.8 Å². The van der Waals surface area contributed by atoms with Crippen molar-refractivity contribution in [1.29, 1.82) is 0 Å². The third-order valence-electron chi connectivity index (χ3n) is 7.28. The van der Waals surface area contributed by atoms with Crippen LogP contribution in [0.15, 0.2) is 24.3 Å². The van der Waals surface area contributed by atoms with Crippen LogP contribution >= 0.6 is 0 Å². The highest BCUT2D eigenvalue weighted by atomic mass is 19.4. The fourth-order valence-electron chi connectivity index (χ4n) is 5.73. The van der Waals surface area contributed by atoms with Crippen LogP contribution in [0.2, 0.25) is 0 Å². The number of nitrogens with one attached hydrogen (secondary N) is 2. The van der Waals surface area contributed by atoms with Crippen molar-refractivity contribution in [1.82, 2.24) is 10.2 Å². The van der Waals surface area contributed by atoms with Gasteiger partial charge in [0.15, 0.2) is 0 Å². The molecule has 0 unspecified atom stereocenters. The standard InChI is InChI=1S/C24H32F3N3O2/c25-24(26,27)20-11-4-5-12-21(20)29-22(31)15-30-18-9-6-10-19(30)14-17(13-18)28-23(32)16-7-2-1-3-8-16/h4-5,11-12,16-19H,1-3,6-10,13-15H2,(H,28,32)(H,29,31)/t18-,19-/m0/s1. The Morgan fingerprint density at radius 2 is 1.59 bits per heavy atom. The van der Waals surface area contributed by atoms with Gasteiger partial charge in [0.25, 0.3) is 0 Å². The molecule has 2 heterocycles. The molecule has 4 rings (SSSR count). The van der Waals surface area contributed by atoms with Crippen LogP contribution in [0.5, 0.6) is 0 Å². The summed E-state index contributed by atoms with van der Waals surface area (Å²) in [5, 5.41) is 5.73. The molecule has 0 aromatic heterocycles. The summed E-state index contributed by atoms with van der Waals surface area (Å²) in [6.07, 6.45) is 5.42. The Morgan fingerprint density at radius 1 is 0.938 bits per heavy atom. The number of piperidine rings is 2. The number of fused-ring (bicyclic) bond motifs is 2. The first-order valence-corrected chi connectivity index (χ1v) is 11.8. The van der Waals surface area contributed by atoms with Gasteiger partial charge in [-0.3, -0.25) is 14.5 Å². The van der Waals surface area contributed by atoms with Crippen molar-refractivity contribution in [3.63, 3.8) is 0 Å². The summed E-state index contributed by atoms with van der Waals surface area (Å²) in [6, 6.07) is 5.52. The van der Waals surface area contributed by atoms with Crippen LogP contribution in [0, 0.1) is 5.92 Å². The lowest BCUT2D eigenvalue weighted by Gasteiger charge is -2.48. The molecule has 1 saturated carbocycles. The molecule has 0 radical (unpaired) electrons. The molecule has 2 N–H and O–H groups in total. The molecule has 32 heavy (non-hydrogen) atoms. The SMILES string of the molecule is O=C(CN1[C@H]2CCC[C@H]1CC(NC(=O)C1CCCCC1)C2)Nc1ccccc1C(F)(F)F. The zero-order valence-electron chi connectivity index (χ0n) is 18.3. The molecule has 1 aromatic carbocycles. The van der Waals surface area contributed by atoms with E-state index in [1.54, 1.807) is 0 Å². The Kier molecular flexibility index (Phi) is 7.08. The molecule has 8 heteroatoms. The number of halogens is 3. The molecule has 2 atom stereocenters. The minimum absolute atomic E-state index is 0.0742. The first-order valence-electron chi connectivity index (χ1n) is 11.8. The summed E-state index contributed by atoms with van der Waals surface area (Å²) in [5.41, 5.74) is -1.04. The number of amides is 2. The average molecular weight is 452 g/mol. The number of para-hydroxylation sites is 1. The Bertz CT molecular complexity index is 809. The molecule has 2 aliphatic heterocycles. The van der Waals surface area contributed by atoms with Crippen molar-refractivity contribution >= 4 is 17.5 Å². The molecule has 3 aliphatic rings. The van der Waals surface area contributed by atoms with Gasteiger partial charge in [0.05, 0.1) is 17.8 Å². The summed E-state index contributed by atoms with van der Waals surface area (Å²) in [5.74, 6) is -0.132. The monoisotopic (exact) mass is 451 g/mol. The highest BCUT2D eigenvalue weighted by molar-refractivity contribution is 5.93. The molecule has 5 nitrogen and oxygen atoms in total. The Balaban J connectivity index is 1.35. The van der Waals surface area contributed by atoms with E-state index in [4.69, 9.17) is 0 Å². The van der Waals surface area contributed by atoms with Crippen molar-refractivity contribution in [3.8, 4) is 0 Å². The van der Waals surface area contributed by atoms with Crippen LogP contribution in [-0.4, -0.2) is 41.4 Å². The zero-order valence-corrected chi connectivity index (χ0v) is 18.3. The lowest BCUT2D eigenvalue weighted by atomic mass is 9.81. The van der Waals surface area contributed by atoms with E-state index in [2.05, 4.69) is 15.5 Å². The molecule has 2 bridgehead atoms. The highest BCUT2D eigenvalue weighted by Gasteiger charge is 2.40. The second-order valence-corrected chi connectivity index (χ2v) is 9.51. The van der Waals surface area contributed by atoms with Crippen LogP contribution in [-0.2, 0) is 15.8 Å². The van der Waals surface area contributed by atoms with E-state index in [1.807, 2.05) is 0 Å². The summed E-state index contributed by atoms with van der Waals surface area (Å²) >= 11 is 0. The Morgan fingerprint density at radius 3 is 2.25 bits per heavy atom. The molecule has 2 saturated heterocycles. The van der Waals surface area contributed by atoms with Gasteiger partial charge in [0.1, 0.15) is 0 Å². The number of hydrogen-bond donors (Lipinski definition) is 2. The van der Waals surface area contributed by atoms with E-state index in [0.717, 1.165) is 63.9 Å². The van der Waals surface area contributed by atoms with Gasteiger partial charge in [-0.15, -0.1) is 0 Å². The zero-order chi connectivity index (χ0) is 22.7. The molecule has 1 aromatic rings. The van der Waals surface area contributed by atoms with Gasteiger partial charge in [-0.1, -0.05) is 37.8 Å². The maximum absolute atomic E-state index is 13.2. The number of anilines is 1. The van der Waals surface area contributed by atoms with Crippen molar-refractivity contribution in [3.05, 3.63) is 29.8 Å². The summed E-state index contributed by atoms with van der Waals surface area (Å²) in [7, 11) is 0. The van der Waals surface area contributed by atoms with Gasteiger partial charge in [-0.05, 0) is 50.7 Å². The van der Waals surface area contributed by atoms with E-state index < -0.39 is 17.6 Å². The van der Waals surface area contributed by atoms with Crippen LogP contribution in [0.4, 0.5) is 18.9 Å². The third-order valence-corrected chi connectivity index (χ3v) is 7.28. The lowest BCUT2D eigenvalue weighted by Crippen LogP contribution is -2.58. The predicted molar refractivity (Wildman–Crippen MR) is 116 cm³/mol. The third kappa shape index (κ3) is 5.45. The van der Waals surface area contributed by atoms with Crippen LogP contribution in [0.1, 0.15) is 69.8 Å². The number of rotatable bonds is 5. The topological polar surface area (TPSA) is 61.4 Å². The van der Waals surface area contributed by atoms with Crippen LogP contribution in [0.3, 0.4) is 0 Å². The normalized spacial score (nSPS) is 27.0. The number of alkyl halides is 3. The second kappa shape index (κ2) is 9.81. The van der Waals surface area contributed by atoms with Crippen LogP contribution < -0.4 is 10.6 Å². The van der Waals surface area contributed by atoms with Crippen molar-refractivity contribution in [2.75, 3.05) is 11.9 Å². The molecule has 2 amide bonds. The molecular weight excluding hydrogens is 419 g/mol. The number of hydrogen-bond acceptors (Lipinski definition) is 3. The fraction of sp³-hybridized carbons (Fsp3) is 0.667. The van der Waals surface area contributed by atoms with Crippen LogP contribution in [0.25, 0.3) is 0 Å². The largest absolute Gasteiger partial charge is 0.418 e. The summed E-state index contributed by atoms with van der Waals surface area (Å²) in [6.45, 7) is 0.0742. The minimum atomic E-state index is -4.52. The van der Waals surface area contributed by atoms with Gasteiger partial charge in [-0.25, -0.2) is 0 Å². The molecule has 0 spiro atoms. The number of carbonyl (C=O) groups is 2. The van der Waals surface area contributed by atoms with Gasteiger partial charge in [0, 0.05) is 24.0 Å². The van der Waals surface area contributed by atoms with E-state index in [0.29, 0.717) is 0 Å². The molecule has 3 fully saturated rings. The molecule has 1 aliphatic carbocycles. The van der Waals surface area contributed by atoms with Gasteiger partial charge in [-0.2, -0.15) is 13.2 Å². The van der Waals surface area contributed by atoms with E-state index in [1.165, 1.54) is 24.6 Å². The molecular formula is C24H32F3N3O2. The quantitative estimate of drug-likeness (QED) is 0.681. The fourth-order valence-corrected chi connectivity index (χ4v) is 5.73. The maximum Gasteiger partial charge on any atom is 0.418 e. The van der Waals surface area contributed by atoms with Gasteiger partial charge >= 0.3 is 6.18 Å². The molecule has 176 valence electrons. The Hall–Kier alpha value is -2.09. The Labute approximate surface area is 187 Å². The first-order chi connectivity index (χ1) is 15.3. The highest BCUT2D eigenvalue weighted by Crippen LogP contribution is 2.36. The van der Waals surface area contributed by atoms with E-state index >= 15 is 0 Å². The number of nitrogens with zero attached hydrogens (tertiary/aromatic N) is 1. The summed E-state index contributed by atoms with van der Waals surface area (Å²) in [4.78, 5) is 27.5. The number of benzene rings is 1. The van der Waals surface area contributed by atoms with Gasteiger partial charge < -0.3 is 10.6 Å². The number of carbonyl (C=O) groups excluding carboxylic acids is 2. The van der Waals surface area contributed by atoms with Crippen molar-refractivity contribution in [2.24, 2.45) is 5.92 Å². The van der Waals surface area contributed by atoms with E-state index in [-0.39, 0.29) is 42.2 Å². The van der Waals surface area contributed by atoms with Crippen molar-refractivity contribution < 1.29 is 22.8 Å². The summed E-state index contributed by atoms with van der Waals surface area (Å²) < 4.78 is 39.7. The second-order valence-electron chi connectivity index (χ2n) is 9.51. The van der Waals surface area contributed by atoms with Crippen molar-refractivity contribution in [2.45, 2.75) is 88.5 Å². The predicted octanol–water partition coefficient (Wildman–Crippen LogP) is 4.73. The average Bonchev–Trinajstić information content (AvgIpc) is 2.74. The minimum Gasteiger partial charge on any atom is -0.353 e.